The first-order valence-electron chi connectivity index (χ1n) is 4.37. The van der Waals surface area contributed by atoms with Crippen LogP contribution >= 0.6 is 0 Å². The van der Waals surface area contributed by atoms with Crippen molar-refractivity contribution in [1.29, 1.82) is 0 Å². The number of hydrogen-bond donors (Lipinski definition) is 1. The van der Waals surface area contributed by atoms with E-state index in [1.54, 1.807) is 10.9 Å². The maximum atomic E-state index is 13.4. The molecule has 2 rings (SSSR count). The minimum Gasteiger partial charge on any atom is -0.382 e. The fourth-order valence-corrected chi connectivity index (χ4v) is 1.43. The molecule has 0 aliphatic heterocycles. The first kappa shape index (κ1) is 8.93. The maximum absolute atomic E-state index is 13.4. The average molecular weight is 194 g/mol. The molecule has 0 aliphatic rings. The summed E-state index contributed by atoms with van der Waals surface area (Å²) < 4.78 is 15.2. The van der Waals surface area contributed by atoms with Crippen molar-refractivity contribution in [2.24, 2.45) is 0 Å². The van der Waals surface area contributed by atoms with Gasteiger partial charge in [0.2, 0.25) is 0 Å². The van der Waals surface area contributed by atoms with E-state index in [9.17, 15) is 4.39 Å². The Morgan fingerprint density at radius 2 is 2.14 bits per heavy atom. The minimum absolute atomic E-state index is 0.149. The molecule has 0 spiro atoms. The van der Waals surface area contributed by atoms with Gasteiger partial charge in [0.05, 0.1) is 12.5 Å². The molecule has 2 heterocycles. The molecule has 2 aromatic rings. The normalized spacial score (nSPS) is 11.4. The molecule has 14 heavy (non-hydrogen) atoms. The van der Waals surface area contributed by atoms with Gasteiger partial charge in [0, 0.05) is 6.04 Å². The molecule has 74 valence electrons. The molecular formula is C9H11FN4. The second-order valence-electron chi connectivity index (χ2n) is 3.43. The molecule has 0 unspecified atom stereocenters. The van der Waals surface area contributed by atoms with Crippen LogP contribution in [0.4, 0.5) is 10.2 Å². The number of aromatic nitrogens is 3. The van der Waals surface area contributed by atoms with Crippen molar-refractivity contribution in [2.45, 2.75) is 19.9 Å². The molecule has 0 fully saturated rings. The molecule has 0 saturated carbocycles. The van der Waals surface area contributed by atoms with E-state index in [0.717, 1.165) is 6.20 Å². The van der Waals surface area contributed by atoms with E-state index in [1.165, 1.54) is 0 Å². The number of nitrogen functional groups attached to an aromatic ring is 1. The van der Waals surface area contributed by atoms with E-state index in [0.29, 0.717) is 11.0 Å². The lowest BCUT2D eigenvalue weighted by molar-refractivity contribution is 0.584. The largest absolute Gasteiger partial charge is 0.382 e. The number of imidazole rings is 1. The summed E-state index contributed by atoms with van der Waals surface area (Å²) in [7, 11) is 0. The molecule has 0 bridgehead atoms. The van der Waals surface area contributed by atoms with Crippen molar-refractivity contribution in [2.75, 3.05) is 5.73 Å². The summed E-state index contributed by atoms with van der Waals surface area (Å²) in [5, 5.41) is 0. The van der Waals surface area contributed by atoms with Gasteiger partial charge in [0.15, 0.2) is 11.6 Å². The van der Waals surface area contributed by atoms with Crippen LogP contribution in [0.15, 0.2) is 12.5 Å². The molecule has 0 saturated heterocycles. The Morgan fingerprint density at radius 1 is 1.43 bits per heavy atom. The number of halogens is 1. The molecule has 0 aromatic carbocycles. The fraction of sp³-hybridized carbons (Fsp3) is 0.333. The Kier molecular flexibility index (Phi) is 1.87. The van der Waals surface area contributed by atoms with Gasteiger partial charge >= 0.3 is 0 Å². The summed E-state index contributed by atoms with van der Waals surface area (Å²) in [6, 6.07) is 0.149. The number of anilines is 1. The van der Waals surface area contributed by atoms with Crippen LogP contribution < -0.4 is 5.73 Å². The standard InChI is InChI=1S/C9H11FN4/c1-5(2)14-4-13-7-8(14)6(10)3-12-9(7)11/h3-5H,1-2H3,(H2,11,12). The highest BCUT2D eigenvalue weighted by molar-refractivity contribution is 5.85. The molecular weight excluding hydrogens is 183 g/mol. The summed E-state index contributed by atoms with van der Waals surface area (Å²) in [5.41, 5.74) is 6.44. The average Bonchev–Trinajstić information content (AvgIpc) is 2.56. The Hall–Kier alpha value is -1.65. The Balaban J connectivity index is 2.84. The van der Waals surface area contributed by atoms with Crippen molar-refractivity contribution < 1.29 is 4.39 Å². The number of nitrogens with zero attached hydrogens (tertiary/aromatic N) is 3. The van der Waals surface area contributed by atoms with Crippen molar-refractivity contribution in [3.05, 3.63) is 18.3 Å². The molecule has 4 nitrogen and oxygen atoms in total. The molecule has 0 radical (unpaired) electrons. The predicted octanol–water partition coefficient (Wildman–Crippen LogP) is 1.73. The molecule has 5 heteroatoms. The van der Waals surface area contributed by atoms with Crippen molar-refractivity contribution >= 4 is 16.9 Å². The van der Waals surface area contributed by atoms with Crippen LogP contribution in [0.25, 0.3) is 11.0 Å². The van der Waals surface area contributed by atoms with Crippen molar-refractivity contribution in [3.8, 4) is 0 Å². The van der Waals surface area contributed by atoms with Crippen LogP contribution in [0.5, 0.6) is 0 Å². The van der Waals surface area contributed by atoms with E-state index in [4.69, 9.17) is 5.73 Å². The summed E-state index contributed by atoms with van der Waals surface area (Å²) in [6.45, 7) is 3.91. The Morgan fingerprint density at radius 3 is 2.79 bits per heavy atom. The van der Waals surface area contributed by atoms with Crippen molar-refractivity contribution in [3.63, 3.8) is 0 Å². The molecule has 0 amide bonds. The third kappa shape index (κ3) is 1.13. The monoisotopic (exact) mass is 194 g/mol. The second-order valence-corrected chi connectivity index (χ2v) is 3.43. The molecule has 0 aliphatic carbocycles. The van der Waals surface area contributed by atoms with Crippen LogP contribution in [0.1, 0.15) is 19.9 Å². The van der Waals surface area contributed by atoms with Crippen LogP contribution in [-0.2, 0) is 0 Å². The lowest BCUT2D eigenvalue weighted by atomic mass is 10.3. The van der Waals surface area contributed by atoms with Gasteiger partial charge in [0.1, 0.15) is 11.0 Å². The molecule has 2 aromatic heterocycles. The zero-order valence-electron chi connectivity index (χ0n) is 8.03. The number of nitrogens with two attached hydrogens (primary N) is 1. The lowest BCUT2D eigenvalue weighted by Gasteiger charge is -2.08. The highest BCUT2D eigenvalue weighted by Gasteiger charge is 2.13. The number of fused-ring (bicyclic) bond motifs is 1. The number of rotatable bonds is 1. The zero-order valence-corrected chi connectivity index (χ0v) is 8.03. The smallest absolute Gasteiger partial charge is 0.167 e. The summed E-state index contributed by atoms with van der Waals surface area (Å²) in [6.07, 6.45) is 2.70. The highest BCUT2D eigenvalue weighted by Crippen LogP contribution is 2.22. The van der Waals surface area contributed by atoms with Gasteiger partial charge in [0.25, 0.3) is 0 Å². The van der Waals surface area contributed by atoms with Gasteiger partial charge in [-0.05, 0) is 13.8 Å². The quantitative estimate of drug-likeness (QED) is 0.752. The topological polar surface area (TPSA) is 56.7 Å². The van der Waals surface area contributed by atoms with Gasteiger partial charge in [-0.2, -0.15) is 0 Å². The third-order valence-electron chi connectivity index (χ3n) is 2.14. The van der Waals surface area contributed by atoms with Crippen LogP contribution in [0.3, 0.4) is 0 Å². The summed E-state index contributed by atoms with van der Waals surface area (Å²) in [4.78, 5) is 7.74. The first-order chi connectivity index (χ1) is 6.61. The van der Waals surface area contributed by atoms with Gasteiger partial charge in [-0.1, -0.05) is 0 Å². The summed E-state index contributed by atoms with van der Waals surface area (Å²) in [5.74, 6) is -0.124. The molecule has 2 N–H and O–H groups in total. The van der Waals surface area contributed by atoms with Gasteiger partial charge in [-0.25, -0.2) is 14.4 Å². The number of hydrogen-bond acceptors (Lipinski definition) is 3. The van der Waals surface area contributed by atoms with E-state index < -0.39 is 0 Å². The minimum atomic E-state index is -0.389. The zero-order chi connectivity index (χ0) is 10.3. The third-order valence-corrected chi connectivity index (χ3v) is 2.14. The van der Waals surface area contributed by atoms with E-state index in [-0.39, 0.29) is 17.7 Å². The lowest BCUT2D eigenvalue weighted by Crippen LogP contribution is -2.01. The highest BCUT2D eigenvalue weighted by atomic mass is 19.1. The van der Waals surface area contributed by atoms with E-state index in [2.05, 4.69) is 9.97 Å². The van der Waals surface area contributed by atoms with E-state index >= 15 is 0 Å². The first-order valence-corrected chi connectivity index (χ1v) is 4.37. The van der Waals surface area contributed by atoms with Crippen LogP contribution in [0.2, 0.25) is 0 Å². The Bertz CT molecular complexity index is 475. The SMILES string of the molecule is CC(C)n1cnc2c(N)ncc(F)c21. The van der Waals surface area contributed by atoms with Gasteiger partial charge in [-0.15, -0.1) is 0 Å². The molecule has 0 atom stereocenters. The maximum Gasteiger partial charge on any atom is 0.167 e. The van der Waals surface area contributed by atoms with Crippen LogP contribution in [-0.4, -0.2) is 14.5 Å². The van der Waals surface area contributed by atoms with E-state index in [1.807, 2.05) is 13.8 Å². The van der Waals surface area contributed by atoms with Gasteiger partial charge < -0.3 is 10.3 Å². The summed E-state index contributed by atoms with van der Waals surface area (Å²) >= 11 is 0. The predicted molar refractivity (Wildman–Crippen MR) is 52.3 cm³/mol. The number of pyridine rings is 1. The van der Waals surface area contributed by atoms with Gasteiger partial charge in [-0.3, -0.25) is 0 Å². The fourth-order valence-electron chi connectivity index (χ4n) is 1.43. The van der Waals surface area contributed by atoms with Crippen molar-refractivity contribution in [1.82, 2.24) is 14.5 Å². The van der Waals surface area contributed by atoms with Crippen LogP contribution in [0, 0.1) is 5.82 Å². The second kappa shape index (κ2) is 2.94. The Labute approximate surface area is 80.6 Å².